The van der Waals surface area contributed by atoms with Crippen LogP contribution in [0.15, 0.2) is 0 Å². The standard InChI is InChI=1S/C11H18N4O3/c1-8-13-10(15(16)17)11(14(8)2)18-7-9-3-5-12-6-4-9/h9,12H,3-7H2,1-2H3. The first-order valence-corrected chi connectivity index (χ1v) is 6.11. The summed E-state index contributed by atoms with van der Waals surface area (Å²) in [7, 11) is 1.73. The first kappa shape index (κ1) is 12.8. The van der Waals surface area contributed by atoms with Crippen LogP contribution >= 0.6 is 0 Å². The van der Waals surface area contributed by atoms with Gasteiger partial charge in [0.15, 0.2) is 0 Å². The normalized spacial score (nSPS) is 16.8. The predicted octanol–water partition coefficient (Wildman–Crippen LogP) is 1.02. The summed E-state index contributed by atoms with van der Waals surface area (Å²) in [5, 5.41) is 14.2. The highest BCUT2D eigenvalue weighted by molar-refractivity contribution is 5.36. The SMILES string of the molecule is Cc1nc([N+](=O)[O-])c(OCC2CCNCC2)n1C. The molecule has 18 heavy (non-hydrogen) atoms. The third-order valence-electron chi connectivity index (χ3n) is 3.34. The highest BCUT2D eigenvalue weighted by Gasteiger charge is 2.26. The molecule has 0 aromatic carbocycles. The number of piperidine rings is 1. The number of imidazole rings is 1. The van der Waals surface area contributed by atoms with Crippen LogP contribution in [-0.4, -0.2) is 34.2 Å². The molecule has 1 aliphatic rings. The smallest absolute Gasteiger partial charge is 0.426 e. The Morgan fingerprint density at radius 3 is 2.83 bits per heavy atom. The van der Waals surface area contributed by atoms with Crippen molar-refractivity contribution in [1.29, 1.82) is 0 Å². The van der Waals surface area contributed by atoms with Crippen LogP contribution in [-0.2, 0) is 7.05 Å². The first-order valence-electron chi connectivity index (χ1n) is 6.11. The number of rotatable bonds is 4. The second kappa shape index (κ2) is 5.34. The fourth-order valence-corrected chi connectivity index (χ4v) is 2.10. The maximum absolute atomic E-state index is 10.9. The molecule has 100 valence electrons. The van der Waals surface area contributed by atoms with Crippen LogP contribution in [0.25, 0.3) is 0 Å². The van der Waals surface area contributed by atoms with E-state index in [0.29, 0.717) is 18.3 Å². The number of aromatic nitrogens is 2. The lowest BCUT2D eigenvalue weighted by molar-refractivity contribution is -0.390. The Morgan fingerprint density at radius 1 is 1.56 bits per heavy atom. The molecule has 7 heteroatoms. The van der Waals surface area contributed by atoms with Gasteiger partial charge in [0.05, 0.1) is 6.61 Å². The minimum absolute atomic E-state index is 0.191. The molecular weight excluding hydrogens is 236 g/mol. The van der Waals surface area contributed by atoms with Gasteiger partial charge in [-0.05, 0) is 41.8 Å². The molecule has 2 heterocycles. The number of hydrogen-bond donors (Lipinski definition) is 1. The predicted molar refractivity (Wildman–Crippen MR) is 65.7 cm³/mol. The second-order valence-electron chi connectivity index (χ2n) is 4.61. The van der Waals surface area contributed by atoms with E-state index in [4.69, 9.17) is 4.74 Å². The number of aryl methyl sites for hydroxylation is 1. The van der Waals surface area contributed by atoms with Gasteiger partial charge < -0.3 is 20.2 Å². The fraction of sp³-hybridized carbons (Fsp3) is 0.727. The van der Waals surface area contributed by atoms with Crippen LogP contribution in [0.4, 0.5) is 5.82 Å². The summed E-state index contributed by atoms with van der Waals surface area (Å²) < 4.78 is 7.24. The molecule has 0 aliphatic carbocycles. The van der Waals surface area contributed by atoms with Crippen molar-refractivity contribution in [3.63, 3.8) is 0 Å². The number of ether oxygens (including phenoxy) is 1. The molecule has 0 unspecified atom stereocenters. The molecule has 1 N–H and O–H groups in total. The molecule has 0 atom stereocenters. The zero-order valence-electron chi connectivity index (χ0n) is 10.7. The summed E-state index contributed by atoms with van der Waals surface area (Å²) >= 11 is 0. The molecule has 0 amide bonds. The van der Waals surface area contributed by atoms with E-state index in [1.807, 2.05) is 0 Å². The molecule has 0 saturated carbocycles. The quantitative estimate of drug-likeness (QED) is 0.640. The van der Waals surface area contributed by atoms with Crippen molar-refractivity contribution >= 4 is 5.82 Å². The molecule has 0 spiro atoms. The molecule has 1 fully saturated rings. The molecule has 0 bridgehead atoms. The van der Waals surface area contributed by atoms with Crippen molar-refractivity contribution in [2.45, 2.75) is 19.8 Å². The van der Waals surface area contributed by atoms with Gasteiger partial charge in [0.1, 0.15) is 0 Å². The monoisotopic (exact) mass is 254 g/mol. The van der Waals surface area contributed by atoms with Crippen LogP contribution < -0.4 is 10.1 Å². The summed E-state index contributed by atoms with van der Waals surface area (Å²) in [4.78, 5) is 14.3. The highest BCUT2D eigenvalue weighted by atomic mass is 16.6. The zero-order valence-corrected chi connectivity index (χ0v) is 10.7. The van der Waals surface area contributed by atoms with Crippen LogP contribution in [0.3, 0.4) is 0 Å². The average Bonchev–Trinajstić information content (AvgIpc) is 2.65. The number of nitrogens with zero attached hydrogens (tertiary/aromatic N) is 3. The Kier molecular flexibility index (Phi) is 3.81. The molecule has 1 saturated heterocycles. The maximum Gasteiger partial charge on any atom is 0.426 e. The molecular formula is C11H18N4O3. The van der Waals surface area contributed by atoms with Gasteiger partial charge in [-0.2, -0.15) is 0 Å². The Hall–Kier alpha value is -1.63. The van der Waals surface area contributed by atoms with Crippen LogP contribution in [0, 0.1) is 23.0 Å². The van der Waals surface area contributed by atoms with E-state index < -0.39 is 4.92 Å². The number of nitro groups is 1. The van der Waals surface area contributed by atoms with E-state index in [1.165, 1.54) is 0 Å². The number of nitrogens with one attached hydrogen (secondary N) is 1. The lowest BCUT2D eigenvalue weighted by Crippen LogP contribution is -2.30. The van der Waals surface area contributed by atoms with Gasteiger partial charge in [0.25, 0.3) is 5.88 Å². The lowest BCUT2D eigenvalue weighted by Gasteiger charge is -2.22. The first-order chi connectivity index (χ1) is 8.59. The van der Waals surface area contributed by atoms with Crippen molar-refractivity contribution in [3.8, 4) is 5.88 Å². The van der Waals surface area contributed by atoms with Gasteiger partial charge >= 0.3 is 5.82 Å². The molecule has 1 aromatic heterocycles. The number of hydrogen-bond acceptors (Lipinski definition) is 5. The largest absolute Gasteiger partial charge is 0.472 e. The summed E-state index contributed by atoms with van der Waals surface area (Å²) in [6, 6.07) is 0. The van der Waals surface area contributed by atoms with Crippen LogP contribution in [0.5, 0.6) is 5.88 Å². The van der Waals surface area contributed by atoms with Crippen molar-refractivity contribution < 1.29 is 9.66 Å². The van der Waals surface area contributed by atoms with Gasteiger partial charge in [-0.15, -0.1) is 0 Å². The average molecular weight is 254 g/mol. The molecule has 1 aromatic rings. The Morgan fingerprint density at radius 2 is 2.22 bits per heavy atom. The van der Waals surface area contributed by atoms with E-state index in [2.05, 4.69) is 10.3 Å². The van der Waals surface area contributed by atoms with E-state index >= 15 is 0 Å². The Labute approximate surface area is 105 Å². The molecule has 1 aliphatic heterocycles. The van der Waals surface area contributed by atoms with Crippen molar-refractivity contribution in [1.82, 2.24) is 14.9 Å². The third-order valence-corrected chi connectivity index (χ3v) is 3.34. The van der Waals surface area contributed by atoms with Gasteiger partial charge in [-0.3, -0.25) is 4.57 Å². The van der Waals surface area contributed by atoms with E-state index in [1.54, 1.807) is 18.5 Å². The fourth-order valence-electron chi connectivity index (χ4n) is 2.10. The maximum atomic E-state index is 10.9. The van der Waals surface area contributed by atoms with Crippen molar-refractivity contribution in [3.05, 3.63) is 15.9 Å². The topological polar surface area (TPSA) is 82.2 Å². The molecule has 7 nitrogen and oxygen atoms in total. The van der Waals surface area contributed by atoms with Crippen molar-refractivity contribution in [2.75, 3.05) is 19.7 Å². The van der Waals surface area contributed by atoms with Gasteiger partial charge in [0.2, 0.25) is 5.82 Å². The van der Waals surface area contributed by atoms with Gasteiger partial charge in [-0.25, -0.2) is 0 Å². The Balaban J connectivity index is 2.05. The lowest BCUT2D eigenvalue weighted by atomic mass is 9.99. The van der Waals surface area contributed by atoms with Gasteiger partial charge in [-0.1, -0.05) is 0 Å². The second-order valence-corrected chi connectivity index (χ2v) is 4.61. The highest BCUT2D eigenvalue weighted by Crippen LogP contribution is 2.27. The van der Waals surface area contributed by atoms with Crippen molar-refractivity contribution in [2.24, 2.45) is 13.0 Å². The molecule has 2 rings (SSSR count). The van der Waals surface area contributed by atoms with E-state index in [0.717, 1.165) is 25.9 Å². The third kappa shape index (κ3) is 2.61. The minimum Gasteiger partial charge on any atom is -0.472 e. The summed E-state index contributed by atoms with van der Waals surface area (Å²) in [6.45, 7) is 4.22. The Bertz CT molecular complexity index is 438. The summed E-state index contributed by atoms with van der Waals surface area (Å²) in [6.07, 6.45) is 2.09. The van der Waals surface area contributed by atoms with E-state index in [9.17, 15) is 10.1 Å². The van der Waals surface area contributed by atoms with Gasteiger partial charge in [0, 0.05) is 14.0 Å². The van der Waals surface area contributed by atoms with Crippen LogP contribution in [0.1, 0.15) is 18.7 Å². The van der Waals surface area contributed by atoms with Crippen LogP contribution in [0.2, 0.25) is 0 Å². The molecule has 0 radical (unpaired) electrons. The zero-order chi connectivity index (χ0) is 13.1. The minimum atomic E-state index is -0.495. The van der Waals surface area contributed by atoms with E-state index in [-0.39, 0.29) is 11.7 Å². The summed E-state index contributed by atoms with van der Waals surface area (Å²) in [5.74, 6) is 1.11. The summed E-state index contributed by atoms with van der Waals surface area (Å²) in [5.41, 5.74) is 0.